The van der Waals surface area contributed by atoms with E-state index in [9.17, 15) is 4.79 Å². The molecular weight excluding hydrogens is 214 g/mol. The summed E-state index contributed by atoms with van der Waals surface area (Å²) in [7, 11) is 0. The van der Waals surface area contributed by atoms with Crippen LogP contribution in [0.15, 0.2) is 23.3 Å². The van der Waals surface area contributed by atoms with E-state index in [4.69, 9.17) is 0 Å². The van der Waals surface area contributed by atoms with Crippen LogP contribution in [0.1, 0.15) is 32.0 Å². The molecule has 1 amide bonds. The summed E-state index contributed by atoms with van der Waals surface area (Å²) in [5, 5.41) is 0. The molecule has 1 aromatic heterocycles. The molecule has 0 saturated carbocycles. The fraction of sp³-hybridized carbons (Fsp3) is 0.462. The van der Waals surface area contributed by atoms with Crippen LogP contribution in [0.4, 0.5) is 0 Å². The van der Waals surface area contributed by atoms with Gasteiger partial charge in [-0.2, -0.15) is 4.99 Å². The predicted octanol–water partition coefficient (Wildman–Crippen LogP) is 1.78. The number of nitrogens with zero attached hydrogens (tertiary/aromatic N) is 3. The van der Waals surface area contributed by atoms with E-state index in [0.29, 0.717) is 5.84 Å². The molecule has 0 saturated heterocycles. The third-order valence-electron chi connectivity index (χ3n) is 2.93. The molecule has 1 aliphatic rings. The van der Waals surface area contributed by atoms with Crippen LogP contribution in [0, 0.1) is 6.92 Å². The zero-order valence-electron chi connectivity index (χ0n) is 10.6. The number of aryl methyl sites for hydroxylation is 1. The van der Waals surface area contributed by atoms with Gasteiger partial charge in [-0.1, -0.05) is 6.07 Å². The molecule has 1 atom stereocenters. The van der Waals surface area contributed by atoms with Gasteiger partial charge in [-0.05, 0) is 39.3 Å². The predicted molar refractivity (Wildman–Crippen MR) is 67.0 cm³/mol. The van der Waals surface area contributed by atoms with Gasteiger partial charge >= 0.3 is 0 Å². The van der Waals surface area contributed by atoms with E-state index in [1.807, 2.05) is 30.9 Å². The third-order valence-corrected chi connectivity index (χ3v) is 2.93. The van der Waals surface area contributed by atoms with Crippen molar-refractivity contribution in [2.24, 2.45) is 4.99 Å². The van der Waals surface area contributed by atoms with Crippen LogP contribution in [-0.2, 0) is 4.79 Å². The van der Waals surface area contributed by atoms with Crippen LogP contribution in [-0.4, -0.2) is 33.7 Å². The SMILES string of the molecule is Cc1ccc(C2=NC(=O)C(C)N2C(C)C)nc1. The quantitative estimate of drug-likeness (QED) is 0.779. The Balaban J connectivity index is 2.40. The molecule has 0 aliphatic carbocycles. The van der Waals surface area contributed by atoms with Gasteiger partial charge in [0.1, 0.15) is 11.7 Å². The number of amides is 1. The van der Waals surface area contributed by atoms with E-state index in [0.717, 1.165) is 11.3 Å². The first kappa shape index (κ1) is 11.8. The van der Waals surface area contributed by atoms with Gasteiger partial charge in [0, 0.05) is 12.2 Å². The Labute approximate surface area is 101 Å². The normalized spacial score (nSPS) is 20.1. The number of aliphatic imine (C=N–C) groups is 1. The van der Waals surface area contributed by atoms with Crippen LogP contribution in [0.2, 0.25) is 0 Å². The molecule has 17 heavy (non-hydrogen) atoms. The van der Waals surface area contributed by atoms with Gasteiger partial charge in [0.25, 0.3) is 5.91 Å². The summed E-state index contributed by atoms with van der Waals surface area (Å²) >= 11 is 0. The highest BCUT2D eigenvalue weighted by atomic mass is 16.2. The van der Waals surface area contributed by atoms with Crippen LogP contribution < -0.4 is 0 Å². The smallest absolute Gasteiger partial charge is 0.270 e. The first-order valence-corrected chi connectivity index (χ1v) is 5.84. The third kappa shape index (κ3) is 2.07. The van der Waals surface area contributed by atoms with E-state index in [2.05, 4.69) is 23.8 Å². The first-order chi connectivity index (χ1) is 8.00. The number of amidine groups is 1. The van der Waals surface area contributed by atoms with Gasteiger partial charge in [0.15, 0.2) is 5.84 Å². The molecule has 0 spiro atoms. The van der Waals surface area contributed by atoms with E-state index >= 15 is 0 Å². The van der Waals surface area contributed by atoms with Crippen molar-refractivity contribution >= 4 is 11.7 Å². The molecule has 90 valence electrons. The lowest BCUT2D eigenvalue weighted by Gasteiger charge is -2.28. The maximum absolute atomic E-state index is 11.7. The van der Waals surface area contributed by atoms with Crippen molar-refractivity contribution in [3.05, 3.63) is 29.6 Å². The van der Waals surface area contributed by atoms with Crippen molar-refractivity contribution in [2.75, 3.05) is 0 Å². The lowest BCUT2D eigenvalue weighted by atomic mass is 10.2. The largest absolute Gasteiger partial charge is 0.340 e. The molecule has 1 aliphatic heterocycles. The van der Waals surface area contributed by atoms with Crippen LogP contribution in [0.25, 0.3) is 0 Å². The number of pyridine rings is 1. The molecule has 1 unspecified atom stereocenters. The van der Waals surface area contributed by atoms with Crippen molar-refractivity contribution in [1.29, 1.82) is 0 Å². The summed E-state index contributed by atoms with van der Waals surface area (Å²) in [5.74, 6) is 0.605. The molecule has 4 nitrogen and oxygen atoms in total. The fourth-order valence-corrected chi connectivity index (χ4v) is 2.04. The van der Waals surface area contributed by atoms with Crippen molar-refractivity contribution in [2.45, 2.75) is 39.8 Å². The summed E-state index contributed by atoms with van der Waals surface area (Å²) in [5.41, 5.74) is 1.87. The Hall–Kier alpha value is -1.71. The van der Waals surface area contributed by atoms with Crippen LogP contribution in [0.5, 0.6) is 0 Å². The lowest BCUT2D eigenvalue weighted by Crippen LogP contribution is -2.41. The molecule has 0 fully saturated rings. The van der Waals surface area contributed by atoms with E-state index in [1.165, 1.54) is 0 Å². The summed E-state index contributed by atoms with van der Waals surface area (Å²) in [4.78, 5) is 22.1. The first-order valence-electron chi connectivity index (χ1n) is 5.84. The number of rotatable bonds is 2. The Morgan fingerprint density at radius 3 is 2.59 bits per heavy atom. The standard InChI is InChI=1S/C13H17N3O/c1-8(2)16-10(4)13(17)15-12(16)11-6-5-9(3)7-14-11/h5-8,10H,1-4H3. The minimum Gasteiger partial charge on any atom is -0.340 e. The molecule has 0 N–H and O–H groups in total. The van der Waals surface area contributed by atoms with Crippen molar-refractivity contribution in [1.82, 2.24) is 9.88 Å². The van der Waals surface area contributed by atoms with Crippen LogP contribution >= 0.6 is 0 Å². The second kappa shape index (κ2) is 4.28. The molecular formula is C13H17N3O. The summed E-state index contributed by atoms with van der Waals surface area (Å²) in [6, 6.07) is 3.94. The second-order valence-corrected chi connectivity index (χ2v) is 4.67. The zero-order chi connectivity index (χ0) is 12.6. The van der Waals surface area contributed by atoms with Crippen molar-refractivity contribution in [3.8, 4) is 0 Å². The van der Waals surface area contributed by atoms with Crippen molar-refractivity contribution in [3.63, 3.8) is 0 Å². The highest BCUT2D eigenvalue weighted by Crippen LogP contribution is 2.19. The number of hydrogen-bond donors (Lipinski definition) is 0. The summed E-state index contributed by atoms with van der Waals surface area (Å²) < 4.78 is 0. The molecule has 4 heteroatoms. The second-order valence-electron chi connectivity index (χ2n) is 4.67. The average molecular weight is 231 g/mol. The maximum atomic E-state index is 11.7. The Morgan fingerprint density at radius 1 is 1.35 bits per heavy atom. The number of aromatic nitrogens is 1. The minimum atomic E-state index is -0.187. The number of hydrogen-bond acceptors (Lipinski definition) is 3. The Bertz CT molecular complexity index is 462. The molecule has 0 radical (unpaired) electrons. The zero-order valence-corrected chi connectivity index (χ0v) is 10.6. The Morgan fingerprint density at radius 2 is 2.06 bits per heavy atom. The van der Waals surface area contributed by atoms with Crippen LogP contribution in [0.3, 0.4) is 0 Å². The number of carbonyl (C=O) groups excluding carboxylic acids is 1. The molecule has 2 rings (SSSR count). The van der Waals surface area contributed by atoms with Gasteiger partial charge in [-0.25, -0.2) is 0 Å². The van der Waals surface area contributed by atoms with E-state index < -0.39 is 0 Å². The average Bonchev–Trinajstić information content (AvgIpc) is 2.56. The minimum absolute atomic E-state index is 0.0870. The lowest BCUT2D eigenvalue weighted by molar-refractivity contribution is -0.120. The highest BCUT2D eigenvalue weighted by Gasteiger charge is 2.34. The van der Waals surface area contributed by atoms with Gasteiger partial charge in [0.2, 0.25) is 0 Å². The summed E-state index contributed by atoms with van der Waals surface area (Å²) in [6.07, 6.45) is 1.80. The van der Waals surface area contributed by atoms with E-state index in [1.54, 1.807) is 6.20 Å². The fourth-order valence-electron chi connectivity index (χ4n) is 2.04. The van der Waals surface area contributed by atoms with E-state index in [-0.39, 0.29) is 18.0 Å². The molecule has 0 aromatic carbocycles. The topological polar surface area (TPSA) is 45.6 Å². The highest BCUT2D eigenvalue weighted by molar-refractivity contribution is 6.10. The molecule has 2 heterocycles. The molecule has 0 bridgehead atoms. The van der Waals surface area contributed by atoms with Gasteiger partial charge in [0.05, 0.1) is 0 Å². The van der Waals surface area contributed by atoms with Gasteiger partial charge < -0.3 is 4.90 Å². The Kier molecular flexibility index (Phi) is 2.96. The van der Waals surface area contributed by atoms with Gasteiger partial charge in [-0.3, -0.25) is 9.78 Å². The maximum Gasteiger partial charge on any atom is 0.270 e. The monoisotopic (exact) mass is 231 g/mol. The van der Waals surface area contributed by atoms with Crippen molar-refractivity contribution < 1.29 is 4.79 Å². The summed E-state index contributed by atoms with van der Waals surface area (Å²) in [6.45, 7) is 7.98. The molecule has 1 aromatic rings. The number of carbonyl (C=O) groups is 1. The van der Waals surface area contributed by atoms with Gasteiger partial charge in [-0.15, -0.1) is 0 Å².